The molecule has 3 heterocycles. The fraction of sp³-hybridized carbons (Fsp3) is 0.667. The molecule has 0 aliphatic carbocycles. The number of amides is 1. The van der Waals surface area contributed by atoms with Gasteiger partial charge in [0.05, 0.1) is 24.8 Å². The van der Waals surface area contributed by atoms with Crippen LogP contribution in [0.1, 0.15) is 16.9 Å². The number of aromatic amines is 1. The average molecular weight is 362 g/mol. The van der Waals surface area contributed by atoms with E-state index in [-0.39, 0.29) is 17.1 Å². The van der Waals surface area contributed by atoms with Crippen molar-refractivity contribution in [2.45, 2.75) is 12.5 Å². The van der Waals surface area contributed by atoms with E-state index in [9.17, 15) is 4.79 Å². The first-order valence-corrected chi connectivity index (χ1v) is 8.62. The summed E-state index contributed by atoms with van der Waals surface area (Å²) in [7, 11) is 0. The monoisotopic (exact) mass is 361 g/mol. The van der Waals surface area contributed by atoms with E-state index in [1.54, 1.807) is 6.07 Å². The van der Waals surface area contributed by atoms with E-state index in [0.717, 1.165) is 45.9 Å². The molecule has 2 unspecified atom stereocenters. The maximum absolute atomic E-state index is 12.3. The summed E-state index contributed by atoms with van der Waals surface area (Å²) in [6.07, 6.45) is 1.03. The molecule has 23 heavy (non-hydrogen) atoms. The number of ether oxygens (including phenoxy) is 2. The first kappa shape index (κ1) is 17.0. The van der Waals surface area contributed by atoms with Gasteiger partial charge in [-0.25, -0.2) is 0 Å². The SMILES string of the molecule is O=C(NCC(C1CCOC1)N1CCOCC1)c1cc(Cl)c(Cl)[nH]1. The quantitative estimate of drug-likeness (QED) is 0.838. The predicted molar refractivity (Wildman–Crippen MR) is 88.3 cm³/mol. The maximum Gasteiger partial charge on any atom is 0.267 e. The molecule has 2 atom stereocenters. The Hall–Kier alpha value is -0.790. The van der Waals surface area contributed by atoms with Crippen molar-refractivity contribution in [3.63, 3.8) is 0 Å². The van der Waals surface area contributed by atoms with Crippen molar-refractivity contribution >= 4 is 29.1 Å². The zero-order valence-electron chi connectivity index (χ0n) is 12.8. The molecule has 2 fully saturated rings. The van der Waals surface area contributed by atoms with Crippen molar-refractivity contribution in [1.29, 1.82) is 0 Å². The molecule has 2 aliphatic rings. The van der Waals surface area contributed by atoms with Gasteiger partial charge in [-0.05, 0) is 12.5 Å². The fourth-order valence-electron chi connectivity index (χ4n) is 3.18. The van der Waals surface area contributed by atoms with Gasteiger partial charge in [0, 0.05) is 38.2 Å². The molecule has 6 nitrogen and oxygen atoms in total. The number of nitrogens with one attached hydrogen (secondary N) is 2. The topological polar surface area (TPSA) is 66.6 Å². The molecule has 3 rings (SSSR count). The smallest absolute Gasteiger partial charge is 0.267 e. The molecular formula is C15H21Cl2N3O3. The Morgan fingerprint density at radius 1 is 1.35 bits per heavy atom. The lowest BCUT2D eigenvalue weighted by Gasteiger charge is -2.37. The standard InChI is InChI=1S/C15H21Cl2N3O3/c16-11-7-12(19-14(11)17)15(21)18-8-13(10-1-4-23-9-10)20-2-5-22-6-3-20/h7,10,13,19H,1-6,8-9H2,(H,18,21). The lowest BCUT2D eigenvalue weighted by Crippen LogP contribution is -2.52. The van der Waals surface area contributed by atoms with Crippen molar-refractivity contribution in [3.05, 3.63) is 21.9 Å². The number of nitrogens with zero attached hydrogens (tertiary/aromatic N) is 1. The summed E-state index contributed by atoms with van der Waals surface area (Å²) < 4.78 is 11.0. The first-order chi connectivity index (χ1) is 11.1. The first-order valence-electron chi connectivity index (χ1n) is 7.87. The molecule has 1 aromatic heterocycles. The van der Waals surface area contributed by atoms with Crippen molar-refractivity contribution in [1.82, 2.24) is 15.2 Å². The number of carbonyl (C=O) groups is 1. The third-order valence-electron chi connectivity index (χ3n) is 4.47. The second-order valence-corrected chi connectivity index (χ2v) is 6.68. The van der Waals surface area contributed by atoms with Crippen LogP contribution < -0.4 is 5.32 Å². The molecule has 8 heteroatoms. The van der Waals surface area contributed by atoms with Gasteiger partial charge in [0.25, 0.3) is 5.91 Å². The summed E-state index contributed by atoms with van der Waals surface area (Å²) in [5.41, 5.74) is 0.378. The third-order valence-corrected chi connectivity index (χ3v) is 5.16. The molecule has 1 amide bonds. The number of H-pyrrole nitrogens is 1. The van der Waals surface area contributed by atoms with Gasteiger partial charge in [-0.3, -0.25) is 9.69 Å². The second kappa shape index (κ2) is 7.85. The van der Waals surface area contributed by atoms with Crippen molar-refractivity contribution in [2.24, 2.45) is 5.92 Å². The number of aromatic nitrogens is 1. The van der Waals surface area contributed by atoms with Gasteiger partial charge >= 0.3 is 0 Å². The molecule has 0 saturated carbocycles. The van der Waals surface area contributed by atoms with Crippen LogP contribution in [0.4, 0.5) is 0 Å². The highest BCUT2D eigenvalue weighted by Crippen LogP contribution is 2.23. The van der Waals surface area contributed by atoms with Crippen molar-refractivity contribution < 1.29 is 14.3 Å². The number of carbonyl (C=O) groups excluding carboxylic acids is 1. The van der Waals surface area contributed by atoms with Crippen molar-refractivity contribution in [3.8, 4) is 0 Å². The zero-order chi connectivity index (χ0) is 16.2. The number of halogens is 2. The van der Waals surface area contributed by atoms with Gasteiger partial charge < -0.3 is 19.8 Å². The molecule has 2 saturated heterocycles. The second-order valence-electron chi connectivity index (χ2n) is 5.89. The number of rotatable bonds is 5. The minimum Gasteiger partial charge on any atom is -0.381 e. The van der Waals surface area contributed by atoms with Crippen molar-refractivity contribution in [2.75, 3.05) is 46.1 Å². The molecule has 128 valence electrons. The summed E-state index contributed by atoms with van der Waals surface area (Å²) in [5, 5.41) is 3.62. The summed E-state index contributed by atoms with van der Waals surface area (Å²) in [6, 6.07) is 1.80. The van der Waals surface area contributed by atoms with E-state index in [4.69, 9.17) is 32.7 Å². The maximum atomic E-state index is 12.3. The molecule has 1 aromatic rings. The highest BCUT2D eigenvalue weighted by molar-refractivity contribution is 6.41. The Kier molecular flexibility index (Phi) is 5.82. The van der Waals surface area contributed by atoms with Gasteiger partial charge in [-0.15, -0.1) is 0 Å². The molecule has 2 aliphatic heterocycles. The predicted octanol–water partition coefficient (Wildman–Crippen LogP) is 1.79. The summed E-state index contributed by atoms with van der Waals surface area (Å²) in [5.74, 6) is 0.236. The highest BCUT2D eigenvalue weighted by Gasteiger charge is 2.31. The van der Waals surface area contributed by atoms with E-state index in [1.807, 2.05) is 0 Å². The van der Waals surface area contributed by atoms with Crippen LogP contribution in [0.2, 0.25) is 10.2 Å². The van der Waals surface area contributed by atoms with Crippen LogP contribution in [-0.2, 0) is 9.47 Å². The molecule has 0 bridgehead atoms. The molecular weight excluding hydrogens is 341 g/mol. The van der Waals surface area contributed by atoms with E-state index < -0.39 is 0 Å². The average Bonchev–Trinajstić information content (AvgIpc) is 3.19. The molecule has 2 N–H and O–H groups in total. The van der Waals surface area contributed by atoms with Gasteiger partial charge in [0.2, 0.25) is 0 Å². The number of hydrogen-bond acceptors (Lipinski definition) is 4. The minimum atomic E-state index is -0.198. The van der Waals surface area contributed by atoms with Crippen LogP contribution in [0, 0.1) is 5.92 Å². The van der Waals surface area contributed by atoms with E-state index in [2.05, 4.69) is 15.2 Å². The summed E-state index contributed by atoms with van der Waals surface area (Å²) in [6.45, 7) is 5.36. The lowest BCUT2D eigenvalue weighted by molar-refractivity contribution is 0.00165. The Morgan fingerprint density at radius 3 is 2.74 bits per heavy atom. The molecule has 0 radical (unpaired) electrons. The van der Waals surface area contributed by atoms with E-state index in [1.165, 1.54) is 0 Å². The van der Waals surface area contributed by atoms with E-state index in [0.29, 0.717) is 23.2 Å². The van der Waals surface area contributed by atoms with Crippen LogP contribution in [-0.4, -0.2) is 67.9 Å². The Balaban J connectivity index is 1.62. The van der Waals surface area contributed by atoms with Crippen LogP contribution in [0.5, 0.6) is 0 Å². The van der Waals surface area contributed by atoms with Gasteiger partial charge in [-0.2, -0.15) is 0 Å². The normalized spacial score (nSPS) is 23.8. The number of morpholine rings is 1. The van der Waals surface area contributed by atoms with Crippen LogP contribution in [0.25, 0.3) is 0 Å². The van der Waals surface area contributed by atoms with Crippen LogP contribution >= 0.6 is 23.2 Å². The van der Waals surface area contributed by atoms with Gasteiger partial charge in [0.1, 0.15) is 10.8 Å². The van der Waals surface area contributed by atoms with Gasteiger partial charge in [0.15, 0.2) is 0 Å². The largest absolute Gasteiger partial charge is 0.381 e. The zero-order valence-corrected chi connectivity index (χ0v) is 14.3. The van der Waals surface area contributed by atoms with Gasteiger partial charge in [-0.1, -0.05) is 23.2 Å². The van der Waals surface area contributed by atoms with Crippen LogP contribution in [0.3, 0.4) is 0 Å². The third kappa shape index (κ3) is 4.19. The summed E-state index contributed by atoms with van der Waals surface area (Å²) >= 11 is 11.7. The summed E-state index contributed by atoms with van der Waals surface area (Å²) in [4.78, 5) is 17.4. The highest BCUT2D eigenvalue weighted by atomic mass is 35.5. The Morgan fingerprint density at radius 2 is 2.13 bits per heavy atom. The number of hydrogen-bond donors (Lipinski definition) is 2. The van der Waals surface area contributed by atoms with Crippen LogP contribution in [0.15, 0.2) is 6.07 Å². The molecule has 0 aromatic carbocycles. The van der Waals surface area contributed by atoms with E-state index >= 15 is 0 Å². The Bertz CT molecular complexity index is 521. The fourth-order valence-corrected chi connectivity index (χ4v) is 3.49. The lowest BCUT2D eigenvalue weighted by atomic mass is 9.97. The minimum absolute atomic E-state index is 0.198. The Labute approximate surface area is 145 Å². The molecule has 0 spiro atoms.